The van der Waals surface area contributed by atoms with Crippen LogP contribution in [-0.4, -0.2) is 43.8 Å². The van der Waals surface area contributed by atoms with E-state index in [-0.39, 0.29) is 23.4 Å². The van der Waals surface area contributed by atoms with Crippen LogP contribution in [0, 0.1) is 6.92 Å². The summed E-state index contributed by atoms with van der Waals surface area (Å²) in [4.78, 5) is 30.3. The number of carbonyl (C=O) groups excluding carboxylic acids is 2. The third kappa shape index (κ3) is 8.21. The molecule has 0 radical (unpaired) electrons. The standard InChI is InChI=1S/C36H38BrN3O4S/c1-27-12-8-9-15-29(27)25-39(34(24-28-13-4-2-5-14-28)36(42)38-31-16-10-11-17-31)35(41)26-40(32-22-20-30(37)21-23-32)45(43,44)33-18-6-3-7-19-33/h2-9,12-15,18-23,31,34H,10-11,16-17,24-26H2,1H3,(H,38,42)/t34-/m0/s1. The summed E-state index contributed by atoms with van der Waals surface area (Å²) in [5, 5.41) is 3.21. The Hall–Kier alpha value is -3.95. The molecule has 5 rings (SSSR count). The molecule has 234 valence electrons. The van der Waals surface area contributed by atoms with Crippen molar-refractivity contribution in [2.24, 2.45) is 0 Å². The minimum atomic E-state index is -4.13. The Bertz CT molecular complexity index is 1690. The van der Waals surface area contributed by atoms with E-state index in [4.69, 9.17) is 0 Å². The van der Waals surface area contributed by atoms with E-state index in [0.717, 1.165) is 51.2 Å². The molecule has 0 bridgehead atoms. The van der Waals surface area contributed by atoms with Crippen LogP contribution in [0.3, 0.4) is 0 Å². The van der Waals surface area contributed by atoms with Gasteiger partial charge in [0, 0.05) is 23.5 Å². The molecule has 0 heterocycles. The van der Waals surface area contributed by atoms with Crippen molar-refractivity contribution in [1.29, 1.82) is 0 Å². The van der Waals surface area contributed by atoms with E-state index in [1.165, 1.54) is 12.1 Å². The highest BCUT2D eigenvalue weighted by Crippen LogP contribution is 2.27. The average Bonchev–Trinajstić information content (AvgIpc) is 3.56. The fourth-order valence-corrected chi connectivity index (χ4v) is 7.45. The van der Waals surface area contributed by atoms with Gasteiger partial charge in [0.1, 0.15) is 12.6 Å². The zero-order valence-corrected chi connectivity index (χ0v) is 27.7. The van der Waals surface area contributed by atoms with Gasteiger partial charge in [0.15, 0.2) is 0 Å². The normalized spacial score (nSPS) is 14.1. The predicted molar refractivity (Wildman–Crippen MR) is 181 cm³/mol. The highest BCUT2D eigenvalue weighted by atomic mass is 79.9. The van der Waals surface area contributed by atoms with Crippen LogP contribution in [0.15, 0.2) is 119 Å². The van der Waals surface area contributed by atoms with Gasteiger partial charge in [-0.1, -0.05) is 102 Å². The van der Waals surface area contributed by atoms with Gasteiger partial charge in [0.05, 0.1) is 10.6 Å². The first-order chi connectivity index (χ1) is 21.7. The molecule has 1 aliphatic carbocycles. The van der Waals surface area contributed by atoms with Crippen LogP contribution in [0.1, 0.15) is 42.4 Å². The fourth-order valence-electron chi connectivity index (χ4n) is 5.75. The van der Waals surface area contributed by atoms with Gasteiger partial charge in [-0.3, -0.25) is 13.9 Å². The number of nitrogens with zero attached hydrogens (tertiary/aromatic N) is 2. The quantitative estimate of drug-likeness (QED) is 0.181. The first-order valence-corrected chi connectivity index (χ1v) is 17.5. The van der Waals surface area contributed by atoms with Crippen LogP contribution in [0.2, 0.25) is 0 Å². The number of nitrogens with one attached hydrogen (secondary N) is 1. The van der Waals surface area contributed by atoms with Crippen molar-refractivity contribution in [2.75, 3.05) is 10.8 Å². The fraction of sp³-hybridized carbons (Fsp3) is 0.278. The molecule has 1 atom stereocenters. The van der Waals surface area contributed by atoms with Crippen molar-refractivity contribution in [1.82, 2.24) is 10.2 Å². The van der Waals surface area contributed by atoms with Crippen molar-refractivity contribution in [2.45, 2.75) is 62.6 Å². The zero-order valence-electron chi connectivity index (χ0n) is 25.3. The number of hydrogen-bond donors (Lipinski definition) is 1. The van der Waals surface area contributed by atoms with E-state index in [1.54, 1.807) is 47.4 Å². The van der Waals surface area contributed by atoms with Crippen LogP contribution in [-0.2, 0) is 32.6 Å². The molecule has 4 aromatic carbocycles. The topological polar surface area (TPSA) is 86.8 Å². The summed E-state index contributed by atoms with van der Waals surface area (Å²) >= 11 is 3.42. The Labute approximate surface area is 274 Å². The van der Waals surface area contributed by atoms with Gasteiger partial charge in [-0.2, -0.15) is 0 Å². The van der Waals surface area contributed by atoms with Crippen LogP contribution in [0.25, 0.3) is 0 Å². The zero-order chi connectivity index (χ0) is 31.8. The molecule has 0 saturated heterocycles. The number of carbonyl (C=O) groups is 2. The number of aryl methyl sites for hydroxylation is 1. The summed E-state index contributed by atoms with van der Waals surface area (Å²) in [6, 6.07) is 31.5. The summed E-state index contributed by atoms with van der Waals surface area (Å²) < 4.78 is 30.1. The first-order valence-electron chi connectivity index (χ1n) is 15.2. The molecule has 1 fully saturated rings. The summed E-state index contributed by atoms with van der Waals surface area (Å²) in [5.41, 5.74) is 3.12. The lowest BCUT2D eigenvalue weighted by atomic mass is 10.0. The van der Waals surface area contributed by atoms with E-state index in [9.17, 15) is 18.0 Å². The predicted octanol–water partition coefficient (Wildman–Crippen LogP) is 6.65. The third-order valence-electron chi connectivity index (χ3n) is 8.30. The minimum Gasteiger partial charge on any atom is -0.352 e. The molecule has 2 amide bonds. The Morgan fingerprint density at radius 2 is 1.44 bits per heavy atom. The summed E-state index contributed by atoms with van der Waals surface area (Å²) in [5.74, 6) is -0.697. The van der Waals surface area contributed by atoms with Crippen molar-refractivity contribution in [3.05, 3.63) is 130 Å². The number of anilines is 1. The highest BCUT2D eigenvalue weighted by Gasteiger charge is 2.35. The maximum Gasteiger partial charge on any atom is 0.264 e. The van der Waals surface area contributed by atoms with Crippen LogP contribution in [0.5, 0.6) is 0 Å². The lowest BCUT2D eigenvalue weighted by molar-refractivity contribution is -0.140. The summed E-state index contributed by atoms with van der Waals surface area (Å²) in [6.45, 7) is 1.64. The number of hydrogen-bond acceptors (Lipinski definition) is 4. The highest BCUT2D eigenvalue weighted by molar-refractivity contribution is 9.10. The van der Waals surface area contributed by atoms with Crippen LogP contribution >= 0.6 is 15.9 Å². The Morgan fingerprint density at radius 1 is 0.844 bits per heavy atom. The maximum atomic E-state index is 14.6. The molecule has 45 heavy (non-hydrogen) atoms. The molecule has 0 aromatic heterocycles. The first kappa shape index (κ1) is 32.4. The number of benzene rings is 4. The molecule has 7 nitrogen and oxygen atoms in total. The van der Waals surface area contributed by atoms with E-state index >= 15 is 0 Å². The SMILES string of the molecule is Cc1ccccc1CN(C(=O)CN(c1ccc(Br)cc1)S(=O)(=O)c1ccccc1)[C@@H](Cc1ccccc1)C(=O)NC1CCCC1. The summed E-state index contributed by atoms with van der Waals surface area (Å²) in [6.07, 6.45) is 4.21. The van der Waals surface area contributed by atoms with Gasteiger partial charge >= 0.3 is 0 Å². The average molecular weight is 689 g/mol. The van der Waals surface area contributed by atoms with Crippen LogP contribution < -0.4 is 9.62 Å². The Kier molecular flexibility index (Phi) is 10.7. The van der Waals surface area contributed by atoms with Gasteiger partial charge < -0.3 is 10.2 Å². The summed E-state index contributed by atoms with van der Waals surface area (Å²) in [7, 11) is -4.13. The van der Waals surface area contributed by atoms with E-state index < -0.39 is 28.5 Å². The van der Waals surface area contributed by atoms with Gasteiger partial charge in [-0.15, -0.1) is 0 Å². The lowest BCUT2D eigenvalue weighted by Gasteiger charge is -2.34. The molecule has 9 heteroatoms. The molecule has 1 N–H and O–H groups in total. The molecule has 0 unspecified atom stereocenters. The van der Waals surface area contributed by atoms with E-state index in [0.29, 0.717) is 12.1 Å². The molecule has 4 aromatic rings. The van der Waals surface area contributed by atoms with Crippen LogP contribution in [0.4, 0.5) is 5.69 Å². The molecule has 0 aliphatic heterocycles. The van der Waals surface area contributed by atoms with Crippen molar-refractivity contribution >= 4 is 43.5 Å². The smallest absolute Gasteiger partial charge is 0.264 e. The Morgan fingerprint density at radius 3 is 2.09 bits per heavy atom. The number of rotatable bonds is 12. The third-order valence-corrected chi connectivity index (χ3v) is 10.6. The minimum absolute atomic E-state index is 0.0592. The largest absolute Gasteiger partial charge is 0.352 e. The second-order valence-electron chi connectivity index (χ2n) is 11.4. The number of halogens is 1. The lowest BCUT2D eigenvalue weighted by Crippen LogP contribution is -2.54. The van der Waals surface area contributed by atoms with E-state index in [2.05, 4.69) is 21.2 Å². The molecular formula is C36H38BrN3O4S. The molecule has 1 saturated carbocycles. The van der Waals surface area contributed by atoms with Gasteiger partial charge in [0.25, 0.3) is 10.0 Å². The Balaban J connectivity index is 1.56. The second-order valence-corrected chi connectivity index (χ2v) is 14.2. The van der Waals surface area contributed by atoms with Crippen molar-refractivity contribution in [3.63, 3.8) is 0 Å². The van der Waals surface area contributed by atoms with Gasteiger partial charge in [-0.05, 0) is 72.9 Å². The molecular weight excluding hydrogens is 650 g/mol. The number of amides is 2. The van der Waals surface area contributed by atoms with Crippen molar-refractivity contribution in [3.8, 4) is 0 Å². The van der Waals surface area contributed by atoms with Gasteiger partial charge in [-0.25, -0.2) is 8.42 Å². The monoisotopic (exact) mass is 687 g/mol. The van der Waals surface area contributed by atoms with Gasteiger partial charge in [0.2, 0.25) is 11.8 Å². The molecule has 0 spiro atoms. The maximum absolute atomic E-state index is 14.6. The van der Waals surface area contributed by atoms with E-state index in [1.807, 2.05) is 61.5 Å². The number of sulfonamides is 1. The molecule has 1 aliphatic rings. The second kappa shape index (κ2) is 14.9. The van der Waals surface area contributed by atoms with Crippen molar-refractivity contribution < 1.29 is 18.0 Å².